The van der Waals surface area contributed by atoms with E-state index in [1.807, 2.05) is 18.2 Å². The average Bonchev–Trinajstić information content (AvgIpc) is 2.33. The highest BCUT2D eigenvalue weighted by Crippen LogP contribution is 2.32. The Morgan fingerprint density at radius 3 is 2.67 bits per heavy atom. The molecule has 0 bridgehead atoms. The van der Waals surface area contributed by atoms with Gasteiger partial charge in [-0.05, 0) is 40.2 Å². The molecule has 2 aromatic rings. The molecule has 0 saturated heterocycles. The maximum atomic E-state index is 5.76. The highest BCUT2D eigenvalue weighted by atomic mass is 79.9. The van der Waals surface area contributed by atoms with Crippen LogP contribution in [0.15, 0.2) is 45.6 Å². The summed E-state index contributed by atoms with van der Waals surface area (Å²) in [7, 11) is 0. The molecular formula is C12H8Br2N2OS. The first-order valence-electron chi connectivity index (χ1n) is 4.94. The number of halogens is 2. The summed E-state index contributed by atoms with van der Waals surface area (Å²) in [6.07, 6.45) is 3.21. The number of hydrogen-bond donors (Lipinski definition) is 1. The Morgan fingerprint density at radius 2 is 2.00 bits per heavy atom. The van der Waals surface area contributed by atoms with Gasteiger partial charge in [-0.25, -0.2) is 0 Å². The lowest BCUT2D eigenvalue weighted by Crippen LogP contribution is -2.10. The molecule has 0 aliphatic heterocycles. The van der Waals surface area contributed by atoms with Crippen molar-refractivity contribution in [2.45, 2.75) is 0 Å². The van der Waals surface area contributed by atoms with Crippen molar-refractivity contribution < 1.29 is 4.74 Å². The highest BCUT2D eigenvalue weighted by Gasteiger charge is 2.09. The number of pyridine rings is 1. The molecule has 18 heavy (non-hydrogen) atoms. The zero-order chi connectivity index (χ0) is 13.1. The standard InChI is InChI=1S/C12H8Br2N2OS/c13-7-1-2-10(9(14)5-7)17-11-6-16-4-3-8(11)12(15)18/h1-6H,(H2,15,18). The summed E-state index contributed by atoms with van der Waals surface area (Å²) in [6.45, 7) is 0. The lowest BCUT2D eigenvalue weighted by Gasteiger charge is -2.11. The van der Waals surface area contributed by atoms with E-state index in [9.17, 15) is 0 Å². The first-order valence-corrected chi connectivity index (χ1v) is 6.94. The third kappa shape index (κ3) is 3.07. The van der Waals surface area contributed by atoms with Gasteiger partial charge in [-0.15, -0.1) is 0 Å². The van der Waals surface area contributed by atoms with Crippen molar-refractivity contribution in [1.29, 1.82) is 0 Å². The number of aromatic nitrogens is 1. The van der Waals surface area contributed by atoms with Crippen molar-refractivity contribution >= 4 is 49.1 Å². The number of nitrogens with zero attached hydrogens (tertiary/aromatic N) is 1. The van der Waals surface area contributed by atoms with Crippen molar-refractivity contribution in [2.75, 3.05) is 0 Å². The van der Waals surface area contributed by atoms with Gasteiger partial charge in [-0.2, -0.15) is 0 Å². The van der Waals surface area contributed by atoms with Crippen molar-refractivity contribution in [3.63, 3.8) is 0 Å². The van der Waals surface area contributed by atoms with Crippen molar-refractivity contribution in [1.82, 2.24) is 4.98 Å². The Kier molecular flexibility index (Phi) is 4.31. The third-order valence-corrected chi connectivity index (χ3v) is 3.50. The van der Waals surface area contributed by atoms with E-state index in [1.165, 1.54) is 0 Å². The van der Waals surface area contributed by atoms with E-state index in [0.717, 1.165) is 8.95 Å². The third-order valence-electron chi connectivity index (χ3n) is 2.16. The van der Waals surface area contributed by atoms with E-state index >= 15 is 0 Å². The molecule has 0 saturated carbocycles. The van der Waals surface area contributed by atoms with Gasteiger partial charge >= 0.3 is 0 Å². The van der Waals surface area contributed by atoms with Gasteiger partial charge in [-0.3, -0.25) is 4.98 Å². The molecule has 0 spiro atoms. The number of ether oxygens (including phenoxy) is 1. The zero-order valence-corrected chi connectivity index (χ0v) is 13.0. The second kappa shape index (κ2) is 5.77. The zero-order valence-electron chi connectivity index (χ0n) is 9.06. The number of rotatable bonds is 3. The van der Waals surface area contributed by atoms with E-state index in [4.69, 9.17) is 22.7 Å². The Bertz CT molecular complexity index is 604. The quantitative estimate of drug-likeness (QED) is 0.807. The molecule has 0 unspecified atom stereocenters. The molecule has 0 aliphatic carbocycles. The summed E-state index contributed by atoms with van der Waals surface area (Å²) in [5, 5.41) is 0. The monoisotopic (exact) mass is 386 g/mol. The first-order chi connectivity index (χ1) is 8.58. The maximum Gasteiger partial charge on any atom is 0.155 e. The summed E-state index contributed by atoms with van der Waals surface area (Å²) in [6, 6.07) is 7.35. The van der Waals surface area contributed by atoms with Crippen LogP contribution >= 0.6 is 44.1 Å². The van der Waals surface area contributed by atoms with Gasteiger partial charge in [0.05, 0.1) is 16.2 Å². The van der Waals surface area contributed by atoms with Crippen molar-refractivity contribution in [3.05, 3.63) is 51.2 Å². The van der Waals surface area contributed by atoms with Gasteiger partial charge in [0.25, 0.3) is 0 Å². The molecule has 0 radical (unpaired) electrons. The summed E-state index contributed by atoms with van der Waals surface area (Å²) in [5.41, 5.74) is 6.30. The van der Waals surface area contributed by atoms with E-state index in [-0.39, 0.29) is 4.99 Å². The van der Waals surface area contributed by atoms with Gasteiger partial charge in [0.2, 0.25) is 0 Å². The predicted molar refractivity (Wildman–Crippen MR) is 82.0 cm³/mol. The van der Waals surface area contributed by atoms with Gasteiger partial charge < -0.3 is 10.5 Å². The molecule has 0 aliphatic rings. The fourth-order valence-electron chi connectivity index (χ4n) is 1.34. The lowest BCUT2D eigenvalue weighted by atomic mass is 10.2. The van der Waals surface area contributed by atoms with Gasteiger partial charge in [0.1, 0.15) is 10.7 Å². The summed E-state index contributed by atoms with van der Waals surface area (Å²) in [4.78, 5) is 4.28. The van der Waals surface area contributed by atoms with Gasteiger partial charge in [0.15, 0.2) is 5.75 Å². The molecular weight excluding hydrogens is 380 g/mol. The summed E-state index contributed by atoms with van der Waals surface area (Å²) in [5.74, 6) is 1.21. The van der Waals surface area contributed by atoms with Crippen molar-refractivity contribution in [3.8, 4) is 11.5 Å². The molecule has 1 heterocycles. The minimum atomic E-state index is 0.278. The molecule has 92 valence electrons. The number of benzene rings is 1. The van der Waals surface area contributed by atoms with Crippen LogP contribution in [0.3, 0.4) is 0 Å². The minimum Gasteiger partial charge on any atom is -0.454 e. The Hall–Kier alpha value is -0.980. The van der Waals surface area contributed by atoms with Gasteiger partial charge in [0, 0.05) is 10.7 Å². The van der Waals surface area contributed by atoms with E-state index < -0.39 is 0 Å². The fraction of sp³-hybridized carbons (Fsp3) is 0. The normalized spacial score (nSPS) is 10.1. The maximum absolute atomic E-state index is 5.76. The first kappa shape index (κ1) is 13.5. The summed E-state index contributed by atoms with van der Waals surface area (Å²) >= 11 is 11.8. The molecule has 6 heteroatoms. The van der Waals surface area contributed by atoms with Crippen LogP contribution in [-0.2, 0) is 0 Å². The minimum absolute atomic E-state index is 0.278. The van der Waals surface area contributed by atoms with Crippen LogP contribution in [0.1, 0.15) is 5.56 Å². The number of nitrogens with two attached hydrogens (primary N) is 1. The molecule has 1 aromatic heterocycles. The van der Waals surface area contributed by atoms with Crippen LogP contribution in [0, 0.1) is 0 Å². The molecule has 2 rings (SSSR count). The number of hydrogen-bond acceptors (Lipinski definition) is 3. The van der Waals surface area contributed by atoms with Gasteiger partial charge in [-0.1, -0.05) is 28.1 Å². The number of thiocarbonyl (C=S) groups is 1. The Morgan fingerprint density at radius 1 is 1.22 bits per heavy atom. The highest BCUT2D eigenvalue weighted by molar-refractivity contribution is 9.11. The van der Waals surface area contributed by atoms with Crippen LogP contribution in [0.4, 0.5) is 0 Å². The molecule has 2 N–H and O–H groups in total. The Balaban J connectivity index is 2.37. The van der Waals surface area contributed by atoms with E-state index in [1.54, 1.807) is 18.5 Å². The smallest absolute Gasteiger partial charge is 0.155 e. The van der Waals surface area contributed by atoms with Crippen molar-refractivity contribution in [2.24, 2.45) is 5.73 Å². The van der Waals surface area contributed by atoms with Crippen LogP contribution in [0.5, 0.6) is 11.5 Å². The summed E-state index contributed by atoms with van der Waals surface area (Å²) < 4.78 is 7.55. The molecule has 0 amide bonds. The molecule has 3 nitrogen and oxygen atoms in total. The van der Waals surface area contributed by atoms with Crippen LogP contribution < -0.4 is 10.5 Å². The topological polar surface area (TPSA) is 48.1 Å². The van der Waals surface area contributed by atoms with E-state index in [0.29, 0.717) is 17.1 Å². The average molecular weight is 388 g/mol. The fourth-order valence-corrected chi connectivity index (χ4v) is 2.64. The Labute approximate surface area is 127 Å². The molecule has 1 aromatic carbocycles. The second-order valence-corrected chi connectivity index (χ2v) is 5.62. The molecule has 0 atom stereocenters. The lowest BCUT2D eigenvalue weighted by molar-refractivity contribution is 0.476. The van der Waals surface area contributed by atoms with Crippen LogP contribution in [-0.4, -0.2) is 9.97 Å². The van der Waals surface area contributed by atoms with Crippen LogP contribution in [0.25, 0.3) is 0 Å². The predicted octanol–water partition coefficient (Wildman–Crippen LogP) is 4.03. The molecule has 0 fully saturated rings. The largest absolute Gasteiger partial charge is 0.454 e. The second-order valence-electron chi connectivity index (χ2n) is 3.41. The van der Waals surface area contributed by atoms with Crippen LogP contribution in [0.2, 0.25) is 0 Å². The van der Waals surface area contributed by atoms with E-state index in [2.05, 4.69) is 36.8 Å². The SMILES string of the molecule is NC(=S)c1ccncc1Oc1ccc(Br)cc1Br.